The van der Waals surface area contributed by atoms with E-state index in [1.54, 1.807) is 0 Å². The minimum atomic E-state index is -0.295. The third kappa shape index (κ3) is 7.80. The van der Waals surface area contributed by atoms with Gasteiger partial charge in [-0.3, -0.25) is 15.6 Å². The highest BCUT2D eigenvalue weighted by Gasteiger charge is 2.04. The van der Waals surface area contributed by atoms with Gasteiger partial charge in [-0.1, -0.05) is 6.07 Å². The van der Waals surface area contributed by atoms with Crippen LogP contribution in [0.25, 0.3) is 0 Å². The Labute approximate surface area is 137 Å². The van der Waals surface area contributed by atoms with E-state index in [1.165, 1.54) is 0 Å². The number of aryl methyl sites for hydroxylation is 2. The van der Waals surface area contributed by atoms with Gasteiger partial charge in [0.25, 0.3) is 5.91 Å². The molecule has 0 bridgehead atoms. The summed E-state index contributed by atoms with van der Waals surface area (Å²) in [7, 11) is 3.95. The highest BCUT2D eigenvalue weighted by Crippen LogP contribution is 2.15. The molecule has 1 amide bonds. The molecule has 0 spiro atoms. The van der Waals surface area contributed by atoms with Gasteiger partial charge in [0.15, 0.2) is 11.7 Å². The lowest BCUT2D eigenvalue weighted by molar-refractivity contribution is -0.123. The molecule has 22 heavy (non-hydrogen) atoms. The second-order valence-electron chi connectivity index (χ2n) is 5.34. The highest BCUT2D eigenvalue weighted by atomic mass is 32.1. The van der Waals surface area contributed by atoms with Gasteiger partial charge in [-0.25, -0.2) is 0 Å². The molecule has 1 aromatic carbocycles. The molecule has 7 heteroatoms. The van der Waals surface area contributed by atoms with Crippen LogP contribution >= 0.6 is 12.2 Å². The monoisotopic (exact) mass is 324 g/mol. The number of ether oxygens (including phenoxy) is 1. The lowest BCUT2D eigenvalue weighted by atomic mass is 10.1. The van der Waals surface area contributed by atoms with Crippen LogP contribution in [0.2, 0.25) is 0 Å². The standard InChI is InChI=1S/C15H24N4O2S/c1-11-7-12(2)9-13(8-11)21-10-14(20)17-18-15(22)16-5-6-19(3)4/h7-9H,5-6,10H2,1-4H3,(H,17,20)(H2,16,18,22). The summed E-state index contributed by atoms with van der Waals surface area (Å²) in [5.41, 5.74) is 7.32. The van der Waals surface area contributed by atoms with E-state index in [4.69, 9.17) is 17.0 Å². The maximum absolute atomic E-state index is 11.7. The summed E-state index contributed by atoms with van der Waals surface area (Å²) < 4.78 is 5.45. The molecule has 6 nitrogen and oxygen atoms in total. The first-order valence-electron chi connectivity index (χ1n) is 7.05. The van der Waals surface area contributed by atoms with Crippen molar-refractivity contribution in [1.29, 1.82) is 0 Å². The van der Waals surface area contributed by atoms with Gasteiger partial charge in [0.05, 0.1) is 0 Å². The Morgan fingerprint density at radius 2 is 1.82 bits per heavy atom. The number of rotatable bonds is 6. The Bertz CT molecular complexity index is 500. The van der Waals surface area contributed by atoms with Gasteiger partial charge in [0.2, 0.25) is 0 Å². The van der Waals surface area contributed by atoms with E-state index >= 15 is 0 Å². The van der Waals surface area contributed by atoms with Crippen molar-refractivity contribution in [3.05, 3.63) is 29.3 Å². The quantitative estimate of drug-likeness (QED) is 0.530. The molecule has 0 radical (unpaired) electrons. The van der Waals surface area contributed by atoms with Crippen molar-refractivity contribution in [2.45, 2.75) is 13.8 Å². The van der Waals surface area contributed by atoms with Crippen molar-refractivity contribution in [2.75, 3.05) is 33.8 Å². The molecular formula is C15H24N4O2S. The Morgan fingerprint density at radius 1 is 1.18 bits per heavy atom. The maximum atomic E-state index is 11.7. The normalized spacial score (nSPS) is 10.2. The van der Waals surface area contributed by atoms with E-state index < -0.39 is 0 Å². The molecule has 0 aliphatic heterocycles. The number of hydrogen-bond acceptors (Lipinski definition) is 4. The van der Waals surface area contributed by atoms with Crippen LogP contribution in [0, 0.1) is 13.8 Å². The molecule has 0 aliphatic carbocycles. The first kappa shape index (κ1) is 18.2. The number of benzene rings is 1. The molecule has 0 atom stereocenters. The SMILES string of the molecule is Cc1cc(C)cc(OCC(=O)NNC(=S)NCCN(C)C)c1. The molecule has 0 saturated carbocycles. The van der Waals surface area contributed by atoms with Gasteiger partial charge in [-0.15, -0.1) is 0 Å². The molecule has 0 aliphatic rings. The number of thiocarbonyl (C=S) groups is 1. The van der Waals surface area contributed by atoms with Crippen LogP contribution in [0.5, 0.6) is 5.75 Å². The number of carbonyl (C=O) groups excluding carboxylic acids is 1. The predicted molar refractivity (Wildman–Crippen MR) is 91.8 cm³/mol. The van der Waals surface area contributed by atoms with Crippen LogP contribution in [0.3, 0.4) is 0 Å². The molecule has 0 saturated heterocycles. The Morgan fingerprint density at radius 3 is 2.41 bits per heavy atom. The summed E-state index contributed by atoms with van der Waals surface area (Å²) in [6, 6.07) is 5.83. The molecule has 1 aromatic rings. The lowest BCUT2D eigenvalue weighted by Crippen LogP contribution is -2.49. The van der Waals surface area contributed by atoms with Crippen molar-refractivity contribution in [3.63, 3.8) is 0 Å². The maximum Gasteiger partial charge on any atom is 0.276 e. The zero-order valence-electron chi connectivity index (χ0n) is 13.5. The number of likely N-dealkylation sites (N-methyl/N-ethyl adjacent to an activating group) is 1. The van der Waals surface area contributed by atoms with Crippen LogP contribution in [0.4, 0.5) is 0 Å². The van der Waals surface area contributed by atoms with Crippen LogP contribution in [-0.4, -0.2) is 49.7 Å². The van der Waals surface area contributed by atoms with Gasteiger partial charge >= 0.3 is 0 Å². The number of hydrogen-bond donors (Lipinski definition) is 3. The smallest absolute Gasteiger partial charge is 0.276 e. The number of nitrogens with zero attached hydrogens (tertiary/aromatic N) is 1. The minimum Gasteiger partial charge on any atom is -0.484 e. The van der Waals surface area contributed by atoms with Crippen molar-refractivity contribution in [3.8, 4) is 5.75 Å². The van der Waals surface area contributed by atoms with Crippen molar-refractivity contribution in [2.24, 2.45) is 0 Å². The van der Waals surface area contributed by atoms with Crippen LogP contribution in [0.15, 0.2) is 18.2 Å². The Hall–Kier alpha value is -1.86. The number of nitrogens with one attached hydrogen (secondary N) is 3. The van der Waals surface area contributed by atoms with E-state index in [9.17, 15) is 4.79 Å². The largest absolute Gasteiger partial charge is 0.484 e. The molecule has 0 unspecified atom stereocenters. The van der Waals surface area contributed by atoms with E-state index in [2.05, 4.69) is 16.2 Å². The number of hydrazine groups is 1. The summed E-state index contributed by atoms with van der Waals surface area (Å²) in [5.74, 6) is 0.384. The van der Waals surface area contributed by atoms with Gasteiger partial charge < -0.3 is 15.0 Å². The number of amides is 1. The summed E-state index contributed by atoms with van der Waals surface area (Å²) in [6.45, 7) is 5.45. The van der Waals surface area contributed by atoms with E-state index in [1.807, 2.05) is 51.0 Å². The zero-order valence-corrected chi connectivity index (χ0v) is 14.3. The summed E-state index contributed by atoms with van der Waals surface area (Å²) in [4.78, 5) is 13.7. The molecule has 122 valence electrons. The van der Waals surface area contributed by atoms with Crippen LogP contribution in [-0.2, 0) is 4.79 Å². The zero-order chi connectivity index (χ0) is 16.5. The van der Waals surface area contributed by atoms with Crippen LogP contribution < -0.4 is 20.9 Å². The third-order valence-corrected chi connectivity index (χ3v) is 2.97. The minimum absolute atomic E-state index is 0.0732. The second kappa shape index (κ2) is 9.22. The highest BCUT2D eigenvalue weighted by molar-refractivity contribution is 7.80. The third-order valence-electron chi connectivity index (χ3n) is 2.73. The van der Waals surface area contributed by atoms with Gasteiger partial charge in [-0.05, 0) is 63.4 Å². The average Bonchev–Trinajstić information content (AvgIpc) is 2.41. The molecule has 0 fully saturated rings. The summed E-state index contributed by atoms with van der Waals surface area (Å²) in [6.07, 6.45) is 0. The van der Waals surface area contributed by atoms with Crippen molar-refractivity contribution < 1.29 is 9.53 Å². The summed E-state index contributed by atoms with van der Waals surface area (Å²) in [5, 5.41) is 3.36. The van der Waals surface area contributed by atoms with Crippen molar-refractivity contribution >= 4 is 23.2 Å². The van der Waals surface area contributed by atoms with E-state index in [0.29, 0.717) is 17.4 Å². The molecule has 3 N–H and O–H groups in total. The number of carbonyl (C=O) groups is 1. The first-order valence-corrected chi connectivity index (χ1v) is 7.46. The summed E-state index contributed by atoms with van der Waals surface area (Å²) >= 11 is 5.04. The fraction of sp³-hybridized carbons (Fsp3) is 0.467. The molecule has 0 heterocycles. The second-order valence-corrected chi connectivity index (χ2v) is 5.75. The Kier molecular flexibility index (Phi) is 7.62. The Balaban J connectivity index is 2.24. The van der Waals surface area contributed by atoms with E-state index in [0.717, 1.165) is 17.7 Å². The fourth-order valence-corrected chi connectivity index (χ4v) is 1.92. The van der Waals surface area contributed by atoms with Crippen LogP contribution in [0.1, 0.15) is 11.1 Å². The average molecular weight is 324 g/mol. The van der Waals surface area contributed by atoms with Gasteiger partial charge in [-0.2, -0.15) is 0 Å². The topological polar surface area (TPSA) is 65.6 Å². The lowest BCUT2D eigenvalue weighted by Gasteiger charge is -2.14. The van der Waals surface area contributed by atoms with Gasteiger partial charge in [0.1, 0.15) is 5.75 Å². The van der Waals surface area contributed by atoms with E-state index in [-0.39, 0.29) is 12.5 Å². The molecular weight excluding hydrogens is 300 g/mol. The predicted octanol–water partition coefficient (Wildman–Crippen LogP) is 0.739. The first-order chi connectivity index (χ1) is 10.4. The fourth-order valence-electron chi connectivity index (χ4n) is 1.76. The molecule has 0 aromatic heterocycles. The molecule has 1 rings (SSSR count). The van der Waals surface area contributed by atoms with Gasteiger partial charge in [0, 0.05) is 13.1 Å². The van der Waals surface area contributed by atoms with Crippen molar-refractivity contribution in [1.82, 2.24) is 21.1 Å².